The van der Waals surface area contributed by atoms with Crippen molar-refractivity contribution in [1.82, 2.24) is 0 Å². The number of carbonyl (C=O) groups excluding carboxylic acids is 1. The molecule has 23 heavy (non-hydrogen) atoms. The number of carbonyl (C=O) groups is 1. The SMILES string of the molecule is C/C1=C\[C@@H](O)C/C(C)=C/C(=O)C[C@](C)(O)/C=C/[C@H](C(C)C)CC1. The molecule has 0 aromatic heterocycles. The Balaban J connectivity index is 3.08. The zero-order valence-corrected chi connectivity index (χ0v) is 15.2. The summed E-state index contributed by atoms with van der Waals surface area (Å²) in [4.78, 5) is 12.1. The minimum absolute atomic E-state index is 0.0661. The van der Waals surface area contributed by atoms with Gasteiger partial charge in [0.15, 0.2) is 5.78 Å². The highest BCUT2D eigenvalue weighted by Crippen LogP contribution is 2.24. The molecule has 0 amide bonds. The molecule has 1 rings (SSSR count). The fourth-order valence-corrected chi connectivity index (χ4v) is 2.97. The standard InChI is InChI=1S/C20H32O3/c1-14(2)17-7-6-15(3)10-18(21)11-16(4)12-19(22)13-20(5,23)9-8-17/h8-10,12,14,17-18,21,23H,6-7,11,13H2,1-5H3/b9-8+,15-10+,16-12+/t17-,18-,20-/m1/s1. The molecule has 0 bridgehead atoms. The van der Waals surface area contributed by atoms with Crippen molar-refractivity contribution in [3.8, 4) is 0 Å². The lowest BCUT2D eigenvalue weighted by atomic mass is 9.86. The van der Waals surface area contributed by atoms with Crippen LogP contribution in [0.4, 0.5) is 0 Å². The smallest absolute Gasteiger partial charge is 0.158 e. The van der Waals surface area contributed by atoms with E-state index in [0.717, 1.165) is 18.4 Å². The van der Waals surface area contributed by atoms with Gasteiger partial charge in [-0.2, -0.15) is 0 Å². The first-order chi connectivity index (χ1) is 10.6. The van der Waals surface area contributed by atoms with Crippen molar-refractivity contribution in [2.45, 2.75) is 72.0 Å². The molecular formula is C20H32O3. The maximum Gasteiger partial charge on any atom is 0.158 e. The second kappa shape index (κ2) is 8.60. The number of allylic oxidation sites excluding steroid dienone is 3. The summed E-state index contributed by atoms with van der Waals surface area (Å²) in [6.45, 7) is 9.88. The number of aliphatic hydroxyl groups is 2. The highest BCUT2D eigenvalue weighted by Gasteiger charge is 2.22. The quantitative estimate of drug-likeness (QED) is 0.719. The number of ketones is 1. The van der Waals surface area contributed by atoms with Gasteiger partial charge in [0.25, 0.3) is 0 Å². The van der Waals surface area contributed by atoms with Gasteiger partial charge in [-0.3, -0.25) is 4.79 Å². The van der Waals surface area contributed by atoms with E-state index >= 15 is 0 Å². The summed E-state index contributed by atoms with van der Waals surface area (Å²) in [5.74, 6) is 0.700. The lowest BCUT2D eigenvalue weighted by molar-refractivity contribution is -0.117. The van der Waals surface area contributed by atoms with Gasteiger partial charge in [0.1, 0.15) is 0 Å². The lowest BCUT2D eigenvalue weighted by Crippen LogP contribution is -2.25. The van der Waals surface area contributed by atoms with Crippen LogP contribution in [0.1, 0.15) is 60.3 Å². The summed E-state index contributed by atoms with van der Waals surface area (Å²) in [5, 5.41) is 20.6. The van der Waals surface area contributed by atoms with Gasteiger partial charge in [-0.25, -0.2) is 0 Å². The first-order valence-corrected chi connectivity index (χ1v) is 8.56. The Labute approximate surface area is 140 Å². The van der Waals surface area contributed by atoms with Crippen LogP contribution in [0.5, 0.6) is 0 Å². The van der Waals surface area contributed by atoms with E-state index in [4.69, 9.17) is 0 Å². The predicted octanol–water partition coefficient (Wildman–Crippen LogP) is 3.96. The Hall–Kier alpha value is -1.19. The van der Waals surface area contributed by atoms with Crippen molar-refractivity contribution in [2.75, 3.05) is 0 Å². The van der Waals surface area contributed by atoms with Crippen molar-refractivity contribution in [1.29, 1.82) is 0 Å². The third kappa shape index (κ3) is 7.76. The van der Waals surface area contributed by atoms with Crippen LogP contribution in [-0.2, 0) is 4.79 Å². The summed E-state index contributed by atoms with van der Waals surface area (Å²) in [7, 11) is 0. The largest absolute Gasteiger partial charge is 0.389 e. The van der Waals surface area contributed by atoms with Gasteiger partial charge in [0.05, 0.1) is 11.7 Å². The Morgan fingerprint density at radius 3 is 2.52 bits per heavy atom. The average Bonchev–Trinajstić information content (AvgIpc) is 2.35. The van der Waals surface area contributed by atoms with Crippen LogP contribution in [0.15, 0.2) is 35.5 Å². The Kier molecular flexibility index (Phi) is 7.43. The number of rotatable bonds is 1. The van der Waals surface area contributed by atoms with E-state index in [1.807, 2.05) is 26.0 Å². The predicted molar refractivity (Wildman–Crippen MR) is 95.1 cm³/mol. The fraction of sp³-hybridized carbons (Fsp3) is 0.650. The zero-order valence-electron chi connectivity index (χ0n) is 15.2. The molecular weight excluding hydrogens is 288 g/mol. The van der Waals surface area contributed by atoms with E-state index in [1.54, 1.807) is 19.1 Å². The van der Waals surface area contributed by atoms with E-state index in [1.165, 1.54) is 5.57 Å². The van der Waals surface area contributed by atoms with Crippen molar-refractivity contribution in [3.05, 3.63) is 35.5 Å². The van der Waals surface area contributed by atoms with Crippen molar-refractivity contribution in [2.24, 2.45) is 11.8 Å². The second-order valence-corrected chi connectivity index (χ2v) is 7.58. The molecule has 3 heteroatoms. The van der Waals surface area contributed by atoms with Crippen LogP contribution in [0.2, 0.25) is 0 Å². The molecule has 0 aliphatic heterocycles. The zero-order chi connectivity index (χ0) is 17.6. The molecule has 3 atom stereocenters. The van der Waals surface area contributed by atoms with Crippen LogP contribution in [-0.4, -0.2) is 27.7 Å². The summed E-state index contributed by atoms with van der Waals surface area (Å²) in [5.41, 5.74) is 0.872. The van der Waals surface area contributed by atoms with Crippen LogP contribution < -0.4 is 0 Å². The van der Waals surface area contributed by atoms with Gasteiger partial charge in [-0.1, -0.05) is 43.2 Å². The fourth-order valence-electron chi connectivity index (χ4n) is 2.97. The number of hydrogen-bond donors (Lipinski definition) is 2. The topological polar surface area (TPSA) is 57.5 Å². The normalized spacial score (nSPS) is 37.5. The third-order valence-electron chi connectivity index (χ3n) is 4.38. The molecule has 0 spiro atoms. The molecule has 3 nitrogen and oxygen atoms in total. The van der Waals surface area contributed by atoms with Crippen molar-refractivity contribution < 1.29 is 15.0 Å². The monoisotopic (exact) mass is 320 g/mol. The third-order valence-corrected chi connectivity index (χ3v) is 4.38. The summed E-state index contributed by atoms with van der Waals surface area (Å²) < 4.78 is 0. The Morgan fingerprint density at radius 2 is 1.91 bits per heavy atom. The van der Waals surface area contributed by atoms with Crippen LogP contribution in [0, 0.1) is 11.8 Å². The molecule has 0 saturated heterocycles. The highest BCUT2D eigenvalue weighted by atomic mass is 16.3. The molecule has 2 N–H and O–H groups in total. The highest BCUT2D eigenvalue weighted by molar-refractivity contribution is 5.91. The molecule has 0 aromatic carbocycles. The van der Waals surface area contributed by atoms with Crippen LogP contribution in [0.3, 0.4) is 0 Å². The minimum Gasteiger partial charge on any atom is -0.389 e. The summed E-state index contributed by atoms with van der Waals surface area (Å²) in [6.07, 6.45) is 9.12. The van der Waals surface area contributed by atoms with E-state index < -0.39 is 11.7 Å². The van der Waals surface area contributed by atoms with Gasteiger partial charge in [-0.05, 0) is 57.9 Å². The van der Waals surface area contributed by atoms with Gasteiger partial charge in [0, 0.05) is 6.42 Å². The Morgan fingerprint density at radius 1 is 1.26 bits per heavy atom. The summed E-state index contributed by atoms with van der Waals surface area (Å²) in [6, 6.07) is 0. The van der Waals surface area contributed by atoms with Gasteiger partial charge in [-0.15, -0.1) is 0 Å². The molecule has 130 valence electrons. The number of hydrogen-bond acceptors (Lipinski definition) is 3. The molecule has 0 aromatic rings. The first kappa shape index (κ1) is 19.9. The molecule has 0 fully saturated rings. The Bertz CT molecular complexity index is 495. The molecule has 0 heterocycles. The maximum atomic E-state index is 12.1. The lowest BCUT2D eigenvalue weighted by Gasteiger charge is -2.22. The molecule has 0 radical (unpaired) electrons. The van der Waals surface area contributed by atoms with E-state index in [0.29, 0.717) is 18.3 Å². The van der Waals surface area contributed by atoms with E-state index in [2.05, 4.69) is 13.8 Å². The summed E-state index contributed by atoms with van der Waals surface area (Å²) >= 11 is 0. The van der Waals surface area contributed by atoms with Crippen molar-refractivity contribution >= 4 is 5.78 Å². The maximum absolute atomic E-state index is 12.1. The van der Waals surface area contributed by atoms with E-state index in [9.17, 15) is 15.0 Å². The van der Waals surface area contributed by atoms with Gasteiger partial charge < -0.3 is 10.2 Å². The van der Waals surface area contributed by atoms with Crippen LogP contribution in [0.25, 0.3) is 0 Å². The molecule has 1 aliphatic rings. The molecule has 1 aliphatic carbocycles. The van der Waals surface area contributed by atoms with Crippen molar-refractivity contribution in [3.63, 3.8) is 0 Å². The number of aliphatic hydroxyl groups excluding tert-OH is 1. The van der Waals surface area contributed by atoms with Gasteiger partial charge >= 0.3 is 0 Å². The average molecular weight is 320 g/mol. The minimum atomic E-state index is -1.13. The first-order valence-electron chi connectivity index (χ1n) is 8.56. The molecule has 0 unspecified atom stereocenters. The second-order valence-electron chi connectivity index (χ2n) is 7.58. The van der Waals surface area contributed by atoms with Crippen LogP contribution >= 0.6 is 0 Å². The van der Waals surface area contributed by atoms with E-state index in [-0.39, 0.29) is 12.2 Å². The van der Waals surface area contributed by atoms with Gasteiger partial charge in [0.2, 0.25) is 0 Å². The molecule has 0 saturated carbocycles.